The van der Waals surface area contributed by atoms with Crippen molar-refractivity contribution in [2.75, 3.05) is 7.11 Å². The van der Waals surface area contributed by atoms with Crippen molar-refractivity contribution >= 4 is 5.97 Å². The molecule has 5 heteroatoms. The Balaban J connectivity index is 2.94. The molecule has 0 aliphatic rings. The van der Waals surface area contributed by atoms with Gasteiger partial charge in [0.15, 0.2) is 0 Å². The van der Waals surface area contributed by atoms with Crippen molar-refractivity contribution in [2.45, 2.75) is 25.6 Å². The summed E-state index contributed by atoms with van der Waals surface area (Å²) in [6.45, 7) is 1.87. The topological polar surface area (TPSA) is 87.0 Å². The van der Waals surface area contributed by atoms with Gasteiger partial charge in [-0.3, -0.25) is 4.79 Å². The fraction of sp³-hybridized carbons (Fsp3) is 0.417. The van der Waals surface area contributed by atoms with Crippen molar-refractivity contribution in [1.29, 1.82) is 0 Å². The van der Waals surface area contributed by atoms with E-state index in [9.17, 15) is 15.0 Å². The van der Waals surface area contributed by atoms with Gasteiger partial charge in [-0.15, -0.1) is 0 Å². The molecule has 17 heavy (non-hydrogen) atoms. The molecule has 0 aliphatic carbocycles. The summed E-state index contributed by atoms with van der Waals surface area (Å²) >= 11 is 0. The summed E-state index contributed by atoms with van der Waals surface area (Å²) in [6.07, 6.45) is -3.15. The maximum Gasteiger partial charge on any atom is 0.306 e. The number of aliphatic carboxylic acids is 1. The third-order valence-corrected chi connectivity index (χ3v) is 2.46. The number of methoxy groups -OCH3 is 1. The Morgan fingerprint density at radius 1 is 1.41 bits per heavy atom. The normalized spacial score (nSPS) is 14.1. The fourth-order valence-electron chi connectivity index (χ4n) is 1.56. The van der Waals surface area contributed by atoms with Crippen LogP contribution in [0, 0.1) is 6.92 Å². The molecule has 0 heterocycles. The lowest BCUT2D eigenvalue weighted by molar-refractivity contribution is -0.141. The number of rotatable bonds is 5. The smallest absolute Gasteiger partial charge is 0.306 e. The molecule has 0 fully saturated rings. The number of aryl methyl sites for hydroxylation is 1. The molecule has 94 valence electrons. The van der Waals surface area contributed by atoms with E-state index in [0.717, 1.165) is 5.56 Å². The number of ether oxygens (including phenoxy) is 1. The van der Waals surface area contributed by atoms with Gasteiger partial charge in [-0.05, 0) is 18.6 Å². The zero-order chi connectivity index (χ0) is 13.0. The van der Waals surface area contributed by atoms with Crippen LogP contribution >= 0.6 is 0 Å². The summed E-state index contributed by atoms with van der Waals surface area (Å²) in [5, 5.41) is 27.9. The summed E-state index contributed by atoms with van der Waals surface area (Å²) in [5.41, 5.74) is 1.33. The van der Waals surface area contributed by atoms with Gasteiger partial charge in [0.1, 0.15) is 11.9 Å². The lowest BCUT2D eigenvalue weighted by atomic mass is 10.00. The highest BCUT2D eigenvalue weighted by Crippen LogP contribution is 2.29. The fourth-order valence-corrected chi connectivity index (χ4v) is 1.56. The molecule has 0 aliphatic heterocycles. The minimum atomic E-state index is -1.36. The molecule has 1 rings (SSSR count). The Labute approximate surface area is 99.3 Å². The van der Waals surface area contributed by atoms with Crippen LogP contribution in [0.3, 0.4) is 0 Å². The van der Waals surface area contributed by atoms with Gasteiger partial charge < -0.3 is 20.1 Å². The Morgan fingerprint density at radius 2 is 2.06 bits per heavy atom. The second kappa shape index (κ2) is 5.65. The third-order valence-electron chi connectivity index (χ3n) is 2.46. The molecule has 0 amide bonds. The van der Waals surface area contributed by atoms with Crippen LogP contribution in [0.4, 0.5) is 0 Å². The molecule has 0 aromatic heterocycles. The zero-order valence-electron chi connectivity index (χ0n) is 9.75. The highest BCUT2D eigenvalue weighted by atomic mass is 16.5. The number of carboxylic acid groups (broad SMARTS) is 1. The molecule has 3 N–H and O–H groups in total. The van der Waals surface area contributed by atoms with Gasteiger partial charge in [0.25, 0.3) is 0 Å². The first-order valence-electron chi connectivity index (χ1n) is 5.18. The molecule has 0 saturated heterocycles. The summed E-state index contributed by atoms with van der Waals surface area (Å²) in [6, 6.07) is 5.09. The Morgan fingerprint density at radius 3 is 2.59 bits per heavy atom. The molecule has 0 saturated carbocycles. The SMILES string of the molecule is COc1cc(C)ccc1C(O)C(O)CC(=O)O. The highest BCUT2D eigenvalue weighted by Gasteiger charge is 2.23. The minimum absolute atomic E-state index is 0.381. The molecule has 0 bridgehead atoms. The number of aliphatic hydroxyl groups is 2. The molecule has 2 unspecified atom stereocenters. The zero-order valence-corrected chi connectivity index (χ0v) is 9.75. The van der Waals surface area contributed by atoms with Gasteiger partial charge in [0.05, 0.1) is 19.6 Å². The number of aliphatic hydroxyl groups excluding tert-OH is 2. The predicted octanol–water partition coefficient (Wildman–Crippen LogP) is 0.873. The van der Waals surface area contributed by atoms with Crippen LogP contribution in [0.5, 0.6) is 5.75 Å². The van der Waals surface area contributed by atoms with Crippen molar-refractivity contribution in [3.05, 3.63) is 29.3 Å². The molecule has 1 aromatic carbocycles. The summed E-state index contributed by atoms with van der Waals surface area (Å²) < 4.78 is 5.08. The van der Waals surface area contributed by atoms with Crippen LogP contribution in [0.25, 0.3) is 0 Å². The number of hydrogen-bond donors (Lipinski definition) is 3. The monoisotopic (exact) mass is 240 g/mol. The first-order valence-corrected chi connectivity index (χ1v) is 5.18. The van der Waals surface area contributed by atoms with Crippen LogP contribution in [-0.2, 0) is 4.79 Å². The van der Waals surface area contributed by atoms with Crippen LogP contribution in [0.15, 0.2) is 18.2 Å². The Kier molecular flexibility index (Phi) is 4.48. The number of benzene rings is 1. The van der Waals surface area contributed by atoms with Crippen molar-refractivity contribution in [1.82, 2.24) is 0 Å². The molecular weight excluding hydrogens is 224 g/mol. The predicted molar refractivity (Wildman–Crippen MR) is 61.0 cm³/mol. The maximum absolute atomic E-state index is 10.5. The van der Waals surface area contributed by atoms with Crippen molar-refractivity contribution in [2.24, 2.45) is 0 Å². The largest absolute Gasteiger partial charge is 0.496 e. The standard InChI is InChI=1S/C12H16O5/c1-7-3-4-8(10(5-7)17-2)12(16)9(13)6-11(14)15/h3-5,9,12-13,16H,6H2,1-2H3,(H,14,15). The van der Waals surface area contributed by atoms with E-state index in [1.54, 1.807) is 18.2 Å². The van der Waals surface area contributed by atoms with Crippen LogP contribution in [0.2, 0.25) is 0 Å². The first-order chi connectivity index (χ1) is 7.95. The molecule has 5 nitrogen and oxygen atoms in total. The highest BCUT2D eigenvalue weighted by molar-refractivity contribution is 5.67. The van der Waals surface area contributed by atoms with E-state index < -0.39 is 24.6 Å². The first kappa shape index (κ1) is 13.5. The van der Waals surface area contributed by atoms with Gasteiger partial charge in [-0.2, -0.15) is 0 Å². The van der Waals surface area contributed by atoms with E-state index in [1.807, 2.05) is 6.92 Å². The second-order valence-electron chi connectivity index (χ2n) is 3.86. The average molecular weight is 240 g/mol. The van der Waals surface area contributed by atoms with Gasteiger partial charge in [0.2, 0.25) is 0 Å². The number of hydrogen-bond acceptors (Lipinski definition) is 4. The second-order valence-corrected chi connectivity index (χ2v) is 3.86. The van der Waals surface area contributed by atoms with Crippen LogP contribution < -0.4 is 4.74 Å². The quantitative estimate of drug-likeness (QED) is 0.711. The molecule has 0 spiro atoms. The van der Waals surface area contributed by atoms with E-state index in [2.05, 4.69) is 0 Å². The van der Waals surface area contributed by atoms with Gasteiger partial charge in [-0.25, -0.2) is 0 Å². The summed E-state index contributed by atoms with van der Waals surface area (Å²) in [4.78, 5) is 10.5. The van der Waals surface area contributed by atoms with Crippen molar-refractivity contribution < 1.29 is 24.9 Å². The molecule has 2 atom stereocenters. The van der Waals surface area contributed by atoms with Crippen molar-refractivity contribution in [3.8, 4) is 5.75 Å². The van der Waals surface area contributed by atoms with E-state index in [-0.39, 0.29) is 0 Å². The lowest BCUT2D eigenvalue weighted by Gasteiger charge is -2.19. The van der Waals surface area contributed by atoms with E-state index >= 15 is 0 Å². The van der Waals surface area contributed by atoms with Gasteiger partial charge >= 0.3 is 5.97 Å². The van der Waals surface area contributed by atoms with Gasteiger partial charge in [0, 0.05) is 5.56 Å². The summed E-state index contributed by atoms with van der Waals surface area (Å²) in [5.74, 6) is -0.732. The summed E-state index contributed by atoms with van der Waals surface area (Å²) in [7, 11) is 1.45. The molecule has 0 radical (unpaired) electrons. The minimum Gasteiger partial charge on any atom is -0.496 e. The van der Waals surface area contributed by atoms with Crippen molar-refractivity contribution in [3.63, 3.8) is 0 Å². The maximum atomic E-state index is 10.5. The van der Waals surface area contributed by atoms with Gasteiger partial charge in [-0.1, -0.05) is 12.1 Å². The molecule has 1 aromatic rings. The van der Waals surface area contributed by atoms with E-state index in [4.69, 9.17) is 9.84 Å². The average Bonchev–Trinajstić information content (AvgIpc) is 2.27. The Bertz CT molecular complexity index is 402. The van der Waals surface area contributed by atoms with E-state index in [0.29, 0.717) is 11.3 Å². The number of carbonyl (C=O) groups is 1. The van der Waals surface area contributed by atoms with E-state index in [1.165, 1.54) is 7.11 Å². The van der Waals surface area contributed by atoms with Crippen LogP contribution in [0.1, 0.15) is 23.7 Å². The Hall–Kier alpha value is -1.59. The third kappa shape index (κ3) is 3.44. The van der Waals surface area contributed by atoms with Crippen LogP contribution in [-0.4, -0.2) is 34.5 Å². The number of carboxylic acids is 1. The lowest BCUT2D eigenvalue weighted by Crippen LogP contribution is -2.22. The molecular formula is C12H16O5.